The Bertz CT molecular complexity index is 69.1. The van der Waals surface area contributed by atoms with Gasteiger partial charge in [-0.2, -0.15) is 0 Å². The van der Waals surface area contributed by atoms with Crippen LogP contribution in [0.25, 0.3) is 0 Å². The minimum absolute atomic E-state index is 0. The summed E-state index contributed by atoms with van der Waals surface area (Å²) in [4.78, 5) is 0. The van der Waals surface area contributed by atoms with E-state index in [4.69, 9.17) is 5.73 Å². The average Bonchev–Trinajstić information content (AvgIpc) is 2.03. The van der Waals surface area contributed by atoms with Crippen molar-refractivity contribution in [3.05, 3.63) is 0 Å². The molecule has 0 heterocycles. The third kappa shape index (κ3) is 20.1. The first kappa shape index (κ1) is 20.3. The van der Waals surface area contributed by atoms with Crippen LogP contribution in [0.2, 0.25) is 0 Å². The van der Waals surface area contributed by atoms with Crippen molar-refractivity contribution in [2.24, 2.45) is 5.73 Å². The molecular weight excluding hydrogens is 209 g/mol. The van der Waals surface area contributed by atoms with Crippen molar-refractivity contribution in [1.29, 1.82) is 0 Å². The van der Waals surface area contributed by atoms with Crippen molar-refractivity contribution in [2.45, 2.75) is 58.3 Å². The Morgan fingerprint density at radius 1 is 0.846 bits per heavy atom. The van der Waals surface area contributed by atoms with E-state index in [-0.39, 0.29) is 65.2 Å². The van der Waals surface area contributed by atoms with Crippen LogP contribution in [0.1, 0.15) is 59.7 Å². The van der Waals surface area contributed by atoms with Gasteiger partial charge in [0, 0.05) is 0 Å². The molecule has 0 aliphatic heterocycles. The van der Waals surface area contributed by atoms with Crippen molar-refractivity contribution < 1.29 is 52.8 Å². The number of nitrogens with two attached hydrogens (primary N) is 1. The molecule has 0 amide bonds. The summed E-state index contributed by atoms with van der Waals surface area (Å²) in [6.07, 6.45) is 11.0. The maximum Gasteiger partial charge on any atom is 1.00 e. The van der Waals surface area contributed by atoms with Gasteiger partial charge in [0.15, 0.2) is 0 Å². The summed E-state index contributed by atoms with van der Waals surface area (Å²) < 4.78 is 0. The second-order valence-electron chi connectivity index (χ2n) is 3.26. The van der Waals surface area contributed by atoms with E-state index in [2.05, 4.69) is 6.92 Å². The largest absolute Gasteiger partial charge is 1.00 e. The molecule has 0 unspecified atom stereocenters. The van der Waals surface area contributed by atoms with Crippen LogP contribution in [0.3, 0.4) is 0 Å². The van der Waals surface area contributed by atoms with Crippen LogP contribution in [-0.2, 0) is 0 Å². The van der Waals surface area contributed by atoms with Gasteiger partial charge in [0.1, 0.15) is 0 Å². The van der Waals surface area contributed by atoms with Crippen molar-refractivity contribution in [3.8, 4) is 0 Å². The third-order valence-corrected chi connectivity index (χ3v) is 2.06. The SMILES string of the molecule is CCCCCCCCCCN.Cl.[H-].[K+]. The van der Waals surface area contributed by atoms with Gasteiger partial charge in [0.05, 0.1) is 0 Å². The summed E-state index contributed by atoms with van der Waals surface area (Å²) in [5.74, 6) is 0. The Hall–Kier alpha value is 1.89. The summed E-state index contributed by atoms with van der Waals surface area (Å²) in [6, 6.07) is 0. The molecule has 0 bridgehead atoms. The second kappa shape index (κ2) is 19.5. The molecule has 3 heteroatoms. The van der Waals surface area contributed by atoms with Crippen LogP contribution in [0.15, 0.2) is 0 Å². The van der Waals surface area contributed by atoms with Gasteiger partial charge in [-0.3, -0.25) is 0 Å². The first-order valence-corrected chi connectivity index (χ1v) is 5.12. The Morgan fingerprint density at radius 2 is 1.23 bits per heavy atom. The maximum atomic E-state index is 5.39. The Balaban J connectivity index is -0.000000167. The third-order valence-electron chi connectivity index (χ3n) is 2.06. The van der Waals surface area contributed by atoms with E-state index in [0.717, 1.165) is 6.54 Å². The molecule has 78 valence electrons. The molecule has 0 spiro atoms. The smallest absolute Gasteiger partial charge is 1.00 e. The van der Waals surface area contributed by atoms with Gasteiger partial charge in [-0.1, -0.05) is 51.9 Å². The van der Waals surface area contributed by atoms with Crippen LogP contribution in [-0.4, -0.2) is 6.54 Å². The molecular formula is C10H25ClKN. The molecule has 0 saturated heterocycles. The summed E-state index contributed by atoms with van der Waals surface area (Å²) in [6.45, 7) is 3.13. The monoisotopic (exact) mass is 233 g/mol. The van der Waals surface area contributed by atoms with Gasteiger partial charge in [0.25, 0.3) is 0 Å². The molecule has 1 nitrogen and oxygen atoms in total. The molecule has 0 aromatic carbocycles. The minimum Gasteiger partial charge on any atom is -1.00 e. The number of rotatable bonds is 8. The van der Waals surface area contributed by atoms with Gasteiger partial charge < -0.3 is 7.16 Å². The van der Waals surface area contributed by atoms with E-state index in [0.29, 0.717) is 0 Å². The molecule has 0 saturated carbocycles. The molecule has 0 atom stereocenters. The van der Waals surface area contributed by atoms with Crippen LogP contribution >= 0.6 is 12.4 Å². The molecule has 0 aliphatic rings. The summed E-state index contributed by atoms with van der Waals surface area (Å²) in [5.41, 5.74) is 5.39. The molecule has 0 aromatic heterocycles. The van der Waals surface area contributed by atoms with Crippen molar-refractivity contribution in [1.82, 2.24) is 0 Å². The average molecular weight is 234 g/mol. The minimum atomic E-state index is 0. The molecule has 0 rings (SSSR count). The predicted octanol–water partition coefficient (Wildman–Crippen LogP) is 0.624. The maximum absolute atomic E-state index is 5.39. The molecule has 0 aliphatic carbocycles. The van der Waals surface area contributed by atoms with Crippen LogP contribution in [0, 0.1) is 0 Å². The van der Waals surface area contributed by atoms with Gasteiger partial charge in [-0.15, -0.1) is 12.4 Å². The molecule has 2 N–H and O–H groups in total. The van der Waals surface area contributed by atoms with Crippen molar-refractivity contribution in [3.63, 3.8) is 0 Å². The van der Waals surface area contributed by atoms with E-state index in [1.165, 1.54) is 51.4 Å². The molecule has 0 aromatic rings. The number of hydrogen-bond donors (Lipinski definition) is 1. The Kier molecular flexibility index (Phi) is 30.4. The van der Waals surface area contributed by atoms with E-state index in [1.807, 2.05) is 0 Å². The van der Waals surface area contributed by atoms with Crippen LogP contribution < -0.4 is 57.1 Å². The summed E-state index contributed by atoms with van der Waals surface area (Å²) in [5, 5.41) is 0. The first-order valence-electron chi connectivity index (χ1n) is 5.12. The predicted molar refractivity (Wildman–Crippen MR) is 60.0 cm³/mol. The fourth-order valence-electron chi connectivity index (χ4n) is 1.28. The fraction of sp³-hybridized carbons (Fsp3) is 1.00. The zero-order valence-electron chi connectivity index (χ0n) is 10.3. The van der Waals surface area contributed by atoms with Crippen molar-refractivity contribution >= 4 is 12.4 Å². The van der Waals surface area contributed by atoms with E-state index in [1.54, 1.807) is 0 Å². The summed E-state index contributed by atoms with van der Waals surface area (Å²) in [7, 11) is 0. The molecule has 0 fully saturated rings. The van der Waals surface area contributed by atoms with Gasteiger partial charge in [-0.05, 0) is 13.0 Å². The van der Waals surface area contributed by atoms with Gasteiger partial charge in [-0.25, -0.2) is 0 Å². The van der Waals surface area contributed by atoms with Crippen LogP contribution in [0.4, 0.5) is 0 Å². The molecule has 13 heavy (non-hydrogen) atoms. The first-order chi connectivity index (χ1) is 5.41. The Labute approximate surface area is 134 Å². The topological polar surface area (TPSA) is 26.0 Å². The van der Waals surface area contributed by atoms with E-state index < -0.39 is 0 Å². The number of unbranched alkanes of at least 4 members (excludes halogenated alkanes) is 7. The van der Waals surface area contributed by atoms with Crippen LogP contribution in [0.5, 0.6) is 0 Å². The zero-order chi connectivity index (χ0) is 8.36. The summed E-state index contributed by atoms with van der Waals surface area (Å²) >= 11 is 0. The Morgan fingerprint density at radius 3 is 1.62 bits per heavy atom. The number of halogens is 1. The van der Waals surface area contributed by atoms with E-state index >= 15 is 0 Å². The van der Waals surface area contributed by atoms with Crippen molar-refractivity contribution in [2.75, 3.05) is 6.54 Å². The standard InChI is InChI=1S/C10H23N.ClH.K.H/c1-2-3-4-5-6-7-8-9-10-11;;;/h2-11H2,1H3;1H;;/q;;+1;-1. The number of hydrogen-bond acceptors (Lipinski definition) is 1. The molecule has 0 radical (unpaired) electrons. The normalized spacial score (nSPS) is 8.77. The quantitative estimate of drug-likeness (QED) is 0.483. The second-order valence-corrected chi connectivity index (χ2v) is 3.26. The van der Waals surface area contributed by atoms with Gasteiger partial charge in [0.2, 0.25) is 0 Å². The fourth-order valence-corrected chi connectivity index (χ4v) is 1.28. The van der Waals surface area contributed by atoms with Gasteiger partial charge >= 0.3 is 51.4 Å². The van der Waals surface area contributed by atoms with E-state index in [9.17, 15) is 0 Å². The zero-order valence-corrected chi connectivity index (χ0v) is 13.3.